The third-order valence-corrected chi connectivity index (χ3v) is 7.24. The van der Waals surface area contributed by atoms with Gasteiger partial charge < -0.3 is 14.6 Å². The lowest BCUT2D eigenvalue weighted by Gasteiger charge is -2.23. The first kappa shape index (κ1) is 24.5. The van der Waals surface area contributed by atoms with Crippen LogP contribution in [0.1, 0.15) is 36.9 Å². The average Bonchev–Trinajstić information content (AvgIpc) is 3.46. The van der Waals surface area contributed by atoms with Gasteiger partial charge in [-0.2, -0.15) is 0 Å². The Bertz CT molecular complexity index is 1490. The molecule has 5 rings (SSSR count). The van der Waals surface area contributed by atoms with Gasteiger partial charge >= 0.3 is 5.91 Å². The van der Waals surface area contributed by atoms with Crippen LogP contribution in [0, 0.1) is 0 Å². The number of hydrogen-bond donors (Lipinski definition) is 1. The fraction of sp³-hybridized carbons (Fsp3) is 0.207. The first-order valence-electron chi connectivity index (χ1n) is 12.1. The molecule has 2 heterocycles. The molecule has 3 aromatic carbocycles. The molecule has 1 atom stereocenters. The summed E-state index contributed by atoms with van der Waals surface area (Å²) in [5, 5.41) is 11.8. The van der Waals surface area contributed by atoms with E-state index >= 15 is 0 Å². The molecule has 1 N–H and O–H groups in total. The summed E-state index contributed by atoms with van der Waals surface area (Å²) in [4.78, 5) is 32.9. The number of thiazole rings is 1. The van der Waals surface area contributed by atoms with E-state index in [1.54, 1.807) is 37.4 Å². The van der Waals surface area contributed by atoms with Crippen LogP contribution in [0.5, 0.6) is 11.5 Å². The Morgan fingerprint density at radius 1 is 1.03 bits per heavy atom. The Hall–Kier alpha value is -4.17. The molecule has 188 valence electrons. The molecule has 1 aliphatic heterocycles. The smallest absolute Gasteiger partial charge is 0.301 e. The molecule has 0 aliphatic carbocycles. The number of nitrogens with zero attached hydrogens (tertiary/aromatic N) is 2. The number of unbranched alkanes of at least 4 members (excludes halogenated alkanes) is 1. The Morgan fingerprint density at radius 2 is 1.84 bits per heavy atom. The minimum absolute atomic E-state index is 0.0127. The summed E-state index contributed by atoms with van der Waals surface area (Å²) in [5.41, 5.74) is 1.79. The lowest BCUT2D eigenvalue weighted by Crippen LogP contribution is -2.29. The summed E-state index contributed by atoms with van der Waals surface area (Å²) >= 11 is 1.29. The maximum absolute atomic E-state index is 13.4. The predicted molar refractivity (Wildman–Crippen MR) is 144 cm³/mol. The second-order valence-electron chi connectivity index (χ2n) is 8.64. The quantitative estimate of drug-likeness (QED) is 0.132. The van der Waals surface area contributed by atoms with E-state index in [0.717, 1.165) is 17.5 Å². The van der Waals surface area contributed by atoms with E-state index < -0.39 is 17.7 Å². The lowest BCUT2D eigenvalue weighted by molar-refractivity contribution is -0.132. The molecule has 1 unspecified atom stereocenters. The van der Waals surface area contributed by atoms with Gasteiger partial charge in [0, 0.05) is 5.56 Å². The Morgan fingerprint density at radius 3 is 2.59 bits per heavy atom. The number of hydrogen-bond acceptors (Lipinski definition) is 7. The van der Waals surface area contributed by atoms with Crippen molar-refractivity contribution in [1.82, 2.24) is 4.98 Å². The van der Waals surface area contributed by atoms with Crippen LogP contribution in [0.3, 0.4) is 0 Å². The van der Waals surface area contributed by atoms with Gasteiger partial charge in [0.2, 0.25) is 0 Å². The molecule has 7 nitrogen and oxygen atoms in total. The van der Waals surface area contributed by atoms with Crippen molar-refractivity contribution in [2.24, 2.45) is 0 Å². The van der Waals surface area contributed by atoms with Gasteiger partial charge in [-0.1, -0.05) is 67.1 Å². The van der Waals surface area contributed by atoms with Gasteiger partial charge in [-0.3, -0.25) is 14.5 Å². The summed E-state index contributed by atoms with van der Waals surface area (Å²) in [5.74, 6) is -0.496. The van der Waals surface area contributed by atoms with Crippen molar-refractivity contribution in [1.29, 1.82) is 0 Å². The number of aliphatic hydroxyl groups is 1. The molecule has 1 aliphatic rings. The molecule has 0 bridgehead atoms. The molecule has 4 aromatic rings. The number of aromatic nitrogens is 1. The number of carbonyl (C=O) groups excluding carboxylic acids is 2. The first-order valence-corrected chi connectivity index (χ1v) is 12.9. The molecule has 0 saturated carbocycles. The molecule has 8 heteroatoms. The SMILES string of the molecule is CCCCOc1cccc(C(O)=C2C(=O)C(=O)N(c3nc4ccc(OC)cc4s3)C2c2ccccc2)c1. The zero-order chi connectivity index (χ0) is 25.9. The Balaban J connectivity index is 1.63. The lowest BCUT2D eigenvalue weighted by atomic mass is 9.95. The number of carbonyl (C=O) groups is 2. The van der Waals surface area contributed by atoms with Gasteiger partial charge in [0.05, 0.1) is 35.5 Å². The van der Waals surface area contributed by atoms with Crippen LogP contribution in [-0.2, 0) is 9.59 Å². The normalized spacial score (nSPS) is 16.9. The molecular weight excluding hydrogens is 488 g/mol. The number of fused-ring (bicyclic) bond motifs is 1. The maximum Gasteiger partial charge on any atom is 0.301 e. The van der Waals surface area contributed by atoms with Gasteiger partial charge in [-0.15, -0.1) is 0 Å². The van der Waals surface area contributed by atoms with Gasteiger partial charge in [0.25, 0.3) is 5.78 Å². The van der Waals surface area contributed by atoms with Crippen LogP contribution in [0.15, 0.2) is 78.4 Å². The molecule has 1 fully saturated rings. The third-order valence-electron chi connectivity index (χ3n) is 6.22. The molecule has 0 radical (unpaired) electrons. The number of amides is 1. The van der Waals surface area contributed by atoms with Crippen molar-refractivity contribution in [2.45, 2.75) is 25.8 Å². The van der Waals surface area contributed by atoms with Crippen LogP contribution in [-0.4, -0.2) is 35.5 Å². The number of ketones is 1. The van der Waals surface area contributed by atoms with Gasteiger partial charge in [-0.25, -0.2) is 4.98 Å². The highest BCUT2D eigenvalue weighted by Gasteiger charge is 2.48. The minimum Gasteiger partial charge on any atom is -0.507 e. The summed E-state index contributed by atoms with van der Waals surface area (Å²) in [6, 6.07) is 20.7. The largest absolute Gasteiger partial charge is 0.507 e. The molecule has 0 spiro atoms. The predicted octanol–water partition coefficient (Wildman–Crippen LogP) is 6.11. The number of rotatable bonds is 8. The minimum atomic E-state index is -0.840. The van der Waals surface area contributed by atoms with Crippen molar-refractivity contribution in [3.63, 3.8) is 0 Å². The van der Waals surface area contributed by atoms with Crippen LogP contribution in [0.25, 0.3) is 16.0 Å². The molecule has 1 amide bonds. The number of anilines is 1. The molecular formula is C29H26N2O5S. The Labute approximate surface area is 218 Å². The van der Waals surface area contributed by atoms with Crippen LogP contribution in [0.4, 0.5) is 5.13 Å². The van der Waals surface area contributed by atoms with E-state index in [1.165, 1.54) is 16.2 Å². The van der Waals surface area contributed by atoms with Crippen molar-refractivity contribution in [3.05, 3.63) is 89.5 Å². The Kier molecular flexibility index (Phi) is 6.92. The maximum atomic E-state index is 13.4. The summed E-state index contributed by atoms with van der Waals surface area (Å²) in [7, 11) is 1.58. The van der Waals surface area contributed by atoms with Crippen molar-refractivity contribution in [3.8, 4) is 11.5 Å². The van der Waals surface area contributed by atoms with Crippen molar-refractivity contribution in [2.75, 3.05) is 18.6 Å². The van der Waals surface area contributed by atoms with E-state index in [1.807, 2.05) is 42.5 Å². The van der Waals surface area contributed by atoms with E-state index in [9.17, 15) is 14.7 Å². The fourth-order valence-electron chi connectivity index (χ4n) is 4.33. The highest BCUT2D eigenvalue weighted by Crippen LogP contribution is 2.44. The number of benzene rings is 3. The molecule has 1 aromatic heterocycles. The first-order chi connectivity index (χ1) is 18.0. The standard InChI is InChI=1S/C29H26N2O5S/c1-3-4-15-36-21-12-8-11-19(16-21)26(32)24-25(18-9-6-5-7-10-18)31(28(34)27(24)33)29-30-22-14-13-20(35-2)17-23(22)37-29/h5-14,16-17,25,32H,3-4,15H2,1-2H3. The van der Waals surface area contributed by atoms with Gasteiger partial charge in [-0.05, 0) is 42.3 Å². The highest BCUT2D eigenvalue weighted by atomic mass is 32.1. The summed E-state index contributed by atoms with van der Waals surface area (Å²) in [6.07, 6.45) is 1.90. The van der Waals surface area contributed by atoms with E-state index in [-0.39, 0.29) is 11.3 Å². The number of Topliss-reactive ketones (excluding diaryl/α,β-unsaturated/α-hetero) is 1. The van der Waals surface area contributed by atoms with E-state index in [2.05, 4.69) is 11.9 Å². The van der Waals surface area contributed by atoms with Gasteiger partial charge in [0.15, 0.2) is 5.13 Å². The second-order valence-corrected chi connectivity index (χ2v) is 9.65. The van der Waals surface area contributed by atoms with Crippen LogP contribution in [0.2, 0.25) is 0 Å². The van der Waals surface area contributed by atoms with E-state index in [4.69, 9.17) is 9.47 Å². The fourth-order valence-corrected chi connectivity index (χ4v) is 5.35. The van der Waals surface area contributed by atoms with Gasteiger partial charge in [0.1, 0.15) is 17.3 Å². The van der Waals surface area contributed by atoms with Crippen LogP contribution >= 0.6 is 11.3 Å². The topological polar surface area (TPSA) is 89.0 Å². The summed E-state index contributed by atoms with van der Waals surface area (Å²) in [6.45, 7) is 2.63. The number of methoxy groups -OCH3 is 1. The second kappa shape index (κ2) is 10.4. The van der Waals surface area contributed by atoms with Crippen molar-refractivity contribution >= 4 is 44.1 Å². The number of aliphatic hydroxyl groups excluding tert-OH is 1. The molecule has 37 heavy (non-hydrogen) atoms. The van der Waals surface area contributed by atoms with Crippen molar-refractivity contribution < 1.29 is 24.2 Å². The van der Waals surface area contributed by atoms with E-state index in [0.29, 0.717) is 39.9 Å². The third kappa shape index (κ3) is 4.68. The zero-order valence-corrected chi connectivity index (χ0v) is 21.3. The van der Waals surface area contributed by atoms with Crippen LogP contribution < -0.4 is 14.4 Å². The monoisotopic (exact) mass is 514 g/mol. The highest BCUT2D eigenvalue weighted by molar-refractivity contribution is 7.22. The number of ether oxygens (including phenoxy) is 2. The average molecular weight is 515 g/mol. The molecule has 1 saturated heterocycles. The zero-order valence-electron chi connectivity index (χ0n) is 20.5. The summed E-state index contributed by atoms with van der Waals surface area (Å²) < 4.78 is 11.9.